The molecule has 0 aliphatic carbocycles. The standard InChI is InChI=1S/C11H21NO2/c1-11(2)6-4-7-12(9-11)10(14)5-3-8-13/h13H,3-9H2,1-2H3. The number of aliphatic hydroxyl groups is 1. The monoisotopic (exact) mass is 199 g/mol. The zero-order valence-electron chi connectivity index (χ0n) is 9.25. The van der Waals surface area contributed by atoms with Crippen LogP contribution in [0.3, 0.4) is 0 Å². The first kappa shape index (κ1) is 11.5. The van der Waals surface area contributed by atoms with E-state index >= 15 is 0 Å². The number of amides is 1. The Kier molecular flexibility index (Phi) is 3.93. The zero-order valence-corrected chi connectivity index (χ0v) is 9.25. The molecule has 82 valence electrons. The molecule has 1 aliphatic heterocycles. The fourth-order valence-corrected chi connectivity index (χ4v) is 2.02. The van der Waals surface area contributed by atoms with Crippen molar-refractivity contribution in [3.63, 3.8) is 0 Å². The number of hydrogen-bond donors (Lipinski definition) is 1. The molecule has 3 nitrogen and oxygen atoms in total. The van der Waals surface area contributed by atoms with Crippen molar-refractivity contribution >= 4 is 5.91 Å². The van der Waals surface area contributed by atoms with Gasteiger partial charge in [0.05, 0.1) is 0 Å². The minimum Gasteiger partial charge on any atom is -0.396 e. The van der Waals surface area contributed by atoms with Crippen molar-refractivity contribution in [2.24, 2.45) is 5.41 Å². The lowest BCUT2D eigenvalue weighted by Crippen LogP contribution is -2.43. The van der Waals surface area contributed by atoms with Gasteiger partial charge in [0.2, 0.25) is 5.91 Å². The van der Waals surface area contributed by atoms with Gasteiger partial charge >= 0.3 is 0 Å². The van der Waals surface area contributed by atoms with Crippen LogP contribution >= 0.6 is 0 Å². The number of rotatable bonds is 3. The summed E-state index contributed by atoms with van der Waals surface area (Å²) in [5.41, 5.74) is 0.271. The highest BCUT2D eigenvalue weighted by molar-refractivity contribution is 5.76. The van der Waals surface area contributed by atoms with Crippen LogP contribution in [0.4, 0.5) is 0 Å². The molecule has 0 unspecified atom stereocenters. The Hall–Kier alpha value is -0.570. The second-order valence-electron chi connectivity index (χ2n) is 4.91. The van der Waals surface area contributed by atoms with Gasteiger partial charge in [0.1, 0.15) is 0 Å². The van der Waals surface area contributed by atoms with E-state index in [2.05, 4.69) is 13.8 Å². The number of hydrogen-bond acceptors (Lipinski definition) is 2. The molecule has 1 heterocycles. The van der Waals surface area contributed by atoms with Crippen molar-refractivity contribution in [1.82, 2.24) is 4.90 Å². The van der Waals surface area contributed by atoms with Crippen LogP contribution in [0.5, 0.6) is 0 Å². The average Bonchev–Trinajstić information content (AvgIpc) is 2.12. The number of likely N-dealkylation sites (tertiary alicyclic amines) is 1. The smallest absolute Gasteiger partial charge is 0.222 e. The Bertz CT molecular complexity index is 201. The summed E-state index contributed by atoms with van der Waals surface area (Å²) in [6.07, 6.45) is 3.40. The fourth-order valence-electron chi connectivity index (χ4n) is 2.02. The molecule has 1 amide bonds. The molecule has 0 bridgehead atoms. The summed E-state index contributed by atoms with van der Waals surface area (Å²) in [6, 6.07) is 0. The van der Waals surface area contributed by atoms with Crippen molar-refractivity contribution in [3.8, 4) is 0 Å². The highest BCUT2D eigenvalue weighted by Crippen LogP contribution is 2.28. The van der Waals surface area contributed by atoms with Crippen LogP contribution in [0.25, 0.3) is 0 Å². The third-order valence-corrected chi connectivity index (χ3v) is 2.80. The molecule has 1 fully saturated rings. The average molecular weight is 199 g/mol. The van der Waals surface area contributed by atoms with Gasteiger partial charge in [-0.2, -0.15) is 0 Å². The fraction of sp³-hybridized carbons (Fsp3) is 0.909. The largest absolute Gasteiger partial charge is 0.396 e. The molecule has 0 aromatic carbocycles. The summed E-state index contributed by atoms with van der Waals surface area (Å²) in [5, 5.41) is 8.65. The summed E-state index contributed by atoms with van der Waals surface area (Å²) < 4.78 is 0. The molecular formula is C11H21NO2. The summed E-state index contributed by atoms with van der Waals surface area (Å²) >= 11 is 0. The molecule has 0 spiro atoms. The molecule has 14 heavy (non-hydrogen) atoms. The highest BCUT2D eigenvalue weighted by Gasteiger charge is 2.28. The van der Waals surface area contributed by atoms with Gasteiger partial charge in [0.15, 0.2) is 0 Å². The summed E-state index contributed by atoms with van der Waals surface area (Å²) in [4.78, 5) is 13.6. The Balaban J connectivity index is 2.40. The Morgan fingerprint density at radius 3 is 2.79 bits per heavy atom. The van der Waals surface area contributed by atoms with E-state index in [0.717, 1.165) is 19.5 Å². The topological polar surface area (TPSA) is 40.5 Å². The predicted molar refractivity (Wildman–Crippen MR) is 55.9 cm³/mol. The first-order chi connectivity index (χ1) is 6.55. The number of carbonyl (C=O) groups is 1. The van der Waals surface area contributed by atoms with Gasteiger partial charge in [-0.3, -0.25) is 4.79 Å². The van der Waals surface area contributed by atoms with Crippen molar-refractivity contribution in [2.45, 2.75) is 39.5 Å². The molecule has 3 heteroatoms. The Labute approximate surface area is 86.1 Å². The summed E-state index contributed by atoms with van der Waals surface area (Å²) in [6.45, 7) is 6.30. The summed E-state index contributed by atoms with van der Waals surface area (Å²) in [5.74, 6) is 0.201. The molecular weight excluding hydrogens is 178 g/mol. The van der Waals surface area contributed by atoms with Crippen molar-refractivity contribution < 1.29 is 9.90 Å². The predicted octanol–water partition coefficient (Wildman–Crippen LogP) is 1.41. The van der Waals surface area contributed by atoms with E-state index in [4.69, 9.17) is 5.11 Å². The van der Waals surface area contributed by atoms with Crippen molar-refractivity contribution in [3.05, 3.63) is 0 Å². The normalized spacial score (nSPS) is 20.9. The van der Waals surface area contributed by atoms with Gasteiger partial charge in [0, 0.05) is 26.1 Å². The number of aliphatic hydroxyl groups excluding tert-OH is 1. The van der Waals surface area contributed by atoms with Gasteiger partial charge in [0.25, 0.3) is 0 Å². The van der Waals surface area contributed by atoms with E-state index in [1.807, 2.05) is 4.90 Å². The van der Waals surface area contributed by atoms with Crippen LogP contribution in [0.2, 0.25) is 0 Å². The van der Waals surface area contributed by atoms with Gasteiger partial charge in [-0.25, -0.2) is 0 Å². The lowest BCUT2D eigenvalue weighted by atomic mass is 9.84. The quantitative estimate of drug-likeness (QED) is 0.746. The molecule has 1 N–H and O–H groups in total. The number of nitrogens with zero attached hydrogens (tertiary/aromatic N) is 1. The third kappa shape index (κ3) is 3.29. The van der Waals surface area contributed by atoms with Crippen LogP contribution in [0, 0.1) is 5.41 Å². The lowest BCUT2D eigenvalue weighted by molar-refractivity contribution is -0.134. The summed E-state index contributed by atoms with van der Waals surface area (Å²) in [7, 11) is 0. The molecule has 1 rings (SSSR count). The maximum absolute atomic E-state index is 11.7. The van der Waals surface area contributed by atoms with E-state index in [-0.39, 0.29) is 17.9 Å². The second kappa shape index (κ2) is 4.78. The minimum absolute atomic E-state index is 0.114. The highest BCUT2D eigenvalue weighted by atomic mass is 16.3. The molecule has 0 aromatic rings. The van der Waals surface area contributed by atoms with Crippen LogP contribution in [-0.2, 0) is 4.79 Å². The molecule has 0 saturated carbocycles. The van der Waals surface area contributed by atoms with Gasteiger partial charge in [-0.1, -0.05) is 13.8 Å². The van der Waals surface area contributed by atoms with Crippen LogP contribution in [0.15, 0.2) is 0 Å². The maximum atomic E-state index is 11.7. The van der Waals surface area contributed by atoms with Gasteiger partial charge in [-0.05, 0) is 24.7 Å². The minimum atomic E-state index is 0.114. The first-order valence-corrected chi connectivity index (χ1v) is 5.44. The first-order valence-electron chi connectivity index (χ1n) is 5.44. The van der Waals surface area contributed by atoms with E-state index in [9.17, 15) is 4.79 Å². The van der Waals surface area contributed by atoms with Crippen molar-refractivity contribution in [2.75, 3.05) is 19.7 Å². The molecule has 0 radical (unpaired) electrons. The third-order valence-electron chi connectivity index (χ3n) is 2.80. The molecule has 0 aromatic heterocycles. The maximum Gasteiger partial charge on any atom is 0.222 e. The van der Waals surface area contributed by atoms with Gasteiger partial charge in [-0.15, -0.1) is 0 Å². The van der Waals surface area contributed by atoms with E-state index in [1.54, 1.807) is 0 Å². The Morgan fingerprint density at radius 2 is 2.21 bits per heavy atom. The zero-order chi connectivity index (χ0) is 10.6. The Morgan fingerprint density at radius 1 is 1.50 bits per heavy atom. The second-order valence-corrected chi connectivity index (χ2v) is 4.91. The SMILES string of the molecule is CC1(C)CCCN(C(=O)CCCO)C1. The van der Waals surface area contributed by atoms with Crippen LogP contribution < -0.4 is 0 Å². The van der Waals surface area contributed by atoms with Gasteiger partial charge < -0.3 is 10.0 Å². The molecule has 0 atom stereocenters. The molecule has 1 saturated heterocycles. The lowest BCUT2D eigenvalue weighted by Gasteiger charge is -2.38. The van der Waals surface area contributed by atoms with Crippen LogP contribution in [0.1, 0.15) is 39.5 Å². The van der Waals surface area contributed by atoms with E-state index < -0.39 is 0 Å². The number of carbonyl (C=O) groups excluding carboxylic acids is 1. The van der Waals surface area contributed by atoms with Crippen molar-refractivity contribution in [1.29, 1.82) is 0 Å². The molecule has 1 aliphatic rings. The number of piperidine rings is 1. The van der Waals surface area contributed by atoms with E-state index in [0.29, 0.717) is 12.8 Å². The van der Waals surface area contributed by atoms with Crippen LogP contribution in [-0.4, -0.2) is 35.6 Å². The van der Waals surface area contributed by atoms with E-state index in [1.165, 1.54) is 6.42 Å².